The number of nitrogens with two attached hydrogens (primary N) is 1. The van der Waals surface area contributed by atoms with Gasteiger partial charge in [-0.3, -0.25) is 4.79 Å². The number of aryl methyl sites for hydroxylation is 3. The summed E-state index contributed by atoms with van der Waals surface area (Å²) in [4.78, 5) is 11.0. The molecule has 42 heavy (non-hydrogen) atoms. The lowest BCUT2D eigenvalue weighted by Crippen LogP contribution is -2.21. The highest BCUT2D eigenvalue weighted by Crippen LogP contribution is 2.22. The zero-order valence-electron chi connectivity index (χ0n) is 27.5. The molecule has 230 valence electrons. The second-order valence-corrected chi connectivity index (χ2v) is 11.2. The third-order valence-corrected chi connectivity index (χ3v) is 7.35. The Morgan fingerprint density at radius 1 is 1.02 bits per heavy atom. The zero-order valence-corrected chi connectivity index (χ0v) is 28.3. The number of hydrogen-bond donors (Lipinski definition) is 3. The first-order valence-corrected chi connectivity index (χ1v) is 15.2. The van der Waals surface area contributed by atoms with Gasteiger partial charge in [0.05, 0.1) is 0 Å². The van der Waals surface area contributed by atoms with Gasteiger partial charge in [-0.1, -0.05) is 87.6 Å². The van der Waals surface area contributed by atoms with E-state index in [0.717, 1.165) is 55.5 Å². The quantitative estimate of drug-likeness (QED) is 0.0683. The highest BCUT2D eigenvalue weighted by atomic mass is 32.1. The molecule has 0 radical (unpaired) electrons. The van der Waals surface area contributed by atoms with Gasteiger partial charge < -0.3 is 16.4 Å². The Morgan fingerprint density at radius 3 is 2.17 bits per heavy atom. The third-order valence-electron chi connectivity index (χ3n) is 7.13. The van der Waals surface area contributed by atoms with E-state index in [9.17, 15) is 4.79 Å². The number of carbonyl (C=O) groups is 1. The largest absolute Gasteiger partial charge is 0.389 e. The Hall–Kier alpha value is -3.44. The van der Waals surface area contributed by atoms with Crippen molar-refractivity contribution in [2.75, 3.05) is 13.1 Å². The SMILES string of the molecule is C=C(NCC(C)C(=C)C)/C(C)=C/C.C=CC.CCCc1ccc(Cc2cc(C)c(C(N)=S)cc2CCNC=O)cc1C. The normalized spacial score (nSPS) is 11.1. The van der Waals surface area contributed by atoms with Gasteiger partial charge in [-0.05, 0) is 112 Å². The summed E-state index contributed by atoms with van der Waals surface area (Å²) in [7, 11) is 0. The molecule has 1 unspecified atom stereocenters. The van der Waals surface area contributed by atoms with Crippen LogP contribution in [0.3, 0.4) is 0 Å². The molecule has 0 spiro atoms. The smallest absolute Gasteiger partial charge is 0.207 e. The highest BCUT2D eigenvalue weighted by Gasteiger charge is 2.11. The van der Waals surface area contributed by atoms with Crippen LogP contribution < -0.4 is 16.4 Å². The van der Waals surface area contributed by atoms with Crippen LogP contribution in [-0.4, -0.2) is 24.5 Å². The molecule has 2 rings (SSSR count). The van der Waals surface area contributed by atoms with Gasteiger partial charge in [0, 0.05) is 24.4 Å². The van der Waals surface area contributed by atoms with Gasteiger partial charge in [0.25, 0.3) is 0 Å². The van der Waals surface area contributed by atoms with Gasteiger partial charge in [0.2, 0.25) is 6.41 Å². The van der Waals surface area contributed by atoms with Crippen LogP contribution in [0.2, 0.25) is 0 Å². The first kappa shape index (κ1) is 38.6. The molecule has 4 nitrogen and oxygen atoms in total. The summed E-state index contributed by atoms with van der Waals surface area (Å²) in [5.74, 6) is 0.501. The molecule has 0 fully saturated rings. The van der Waals surface area contributed by atoms with Gasteiger partial charge in [-0.2, -0.15) is 0 Å². The topological polar surface area (TPSA) is 67.2 Å². The van der Waals surface area contributed by atoms with E-state index in [1.165, 1.54) is 39.0 Å². The molecule has 2 aromatic carbocycles. The van der Waals surface area contributed by atoms with Gasteiger partial charge in [0.15, 0.2) is 0 Å². The zero-order chi connectivity index (χ0) is 32.2. The molecule has 2 aromatic rings. The maximum Gasteiger partial charge on any atom is 0.207 e. The molecule has 0 aliphatic carbocycles. The molecule has 0 aromatic heterocycles. The predicted molar refractivity (Wildman–Crippen MR) is 189 cm³/mol. The van der Waals surface area contributed by atoms with Crippen molar-refractivity contribution in [3.05, 3.63) is 118 Å². The van der Waals surface area contributed by atoms with Gasteiger partial charge in [0.1, 0.15) is 4.99 Å². The van der Waals surface area contributed by atoms with Crippen molar-refractivity contribution in [1.29, 1.82) is 0 Å². The van der Waals surface area contributed by atoms with Crippen molar-refractivity contribution in [3.8, 4) is 0 Å². The van der Waals surface area contributed by atoms with Crippen LogP contribution in [0.25, 0.3) is 0 Å². The minimum atomic E-state index is 0.415. The number of allylic oxidation sites excluding steroid dienone is 3. The van der Waals surface area contributed by atoms with E-state index in [1.807, 2.05) is 20.8 Å². The molecular weight excluding hydrogens is 534 g/mol. The summed E-state index contributed by atoms with van der Waals surface area (Å²) < 4.78 is 0. The first-order chi connectivity index (χ1) is 19.9. The number of nitrogens with one attached hydrogen (secondary N) is 2. The Bertz CT molecular complexity index is 1230. The molecule has 1 atom stereocenters. The van der Waals surface area contributed by atoms with Crippen LogP contribution in [-0.2, 0) is 24.1 Å². The molecule has 0 aliphatic rings. The molecular formula is C37H55N3OS. The van der Waals surface area contributed by atoms with Crippen molar-refractivity contribution in [1.82, 2.24) is 10.6 Å². The number of thiocarbonyl (C=S) groups is 1. The van der Waals surface area contributed by atoms with E-state index in [4.69, 9.17) is 18.0 Å². The van der Waals surface area contributed by atoms with Crippen molar-refractivity contribution in [3.63, 3.8) is 0 Å². The van der Waals surface area contributed by atoms with Gasteiger partial charge >= 0.3 is 0 Å². The van der Waals surface area contributed by atoms with Gasteiger partial charge in [-0.25, -0.2) is 0 Å². The number of hydrogen-bond acceptors (Lipinski definition) is 3. The summed E-state index contributed by atoms with van der Waals surface area (Å²) >= 11 is 5.18. The van der Waals surface area contributed by atoms with E-state index in [0.29, 0.717) is 17.5 Å². The lowest BCUT2D eigenvalue weighted by Gasteiger charge is -2.15. The summed E-state index contributed by atoms with van der Waals surface area (Å²) in [5.41, 5.74) is 17.8. The molecule has 0 heterocycles. The summed E-state index contributed by atoms with van der Waals surface area (Å²) in [6.07, 6.45) is 8.45. The molecule has 5 heteroatoms. The van der Waals surface area contributed by atoms with Crippen molar-refractivity contribution >= 4 is 23.6 Å². The van der Waals surface area contributed by atoms with Crippen molar-refractivity contribution in [2.45, 2.75) is 81.1 Å². The predicted octanol–water partition coefficient (Wildman–Crippen LogP) is 8.23. The second kappa shape index (κ2) is 21.3. The fraction of sp³-hybridized carbons (Fsp3) is 0.405. The average molecular weight is 590 g/mol. The van der Waals surface area contributed by atoms with Crippen LogP contribution >= 0.6 is 12.2 Å². The Morgan fingerprint density at radius 2 is 1.67 bits per heavy atom. The van der Waals surface area contributed by atoms with Crippen molar-refractivity contribution in [2.24, 2.45) is 11.7 Å². The molecule has 1 amide bonds. The maximum atomic E-state index is 10.6. The average Bonchev–Trinajstić information content (AvgIpc) is 2.94. The minimum Gasteiger partial charge on any atom is -0.389 e. The molecule has 0 bridgehead atoms. The molecule has 4 N–H and O–H groups in total. The lowest BCUT2D eigenvalue weighted by atomic mass is 9.91. The van der Waals surface area contributed by atoms with E-state index >= 15 is 0 Å². The van der Waals surface area contributed by atoms with E-state index in [-0.39, 0.29) is 0 Å². The Kier molecular flexibility index (Phi) is 19.5. The standard InChI is InChI=1S/C22H28N2OS.C12H21N.C3H6/c1-4-5-18-7-6-17(10-15(18)2)12-20-11-16(3)21(22(23)26)13-19(20)8-9-24-14-25;1-7-10(4)12(6)13-8-11(5)9(2)3;1-3-2/h6-7,10-11,13-14H,4-5,8-9,12H2,1-3H3,(H2,23,26)(H,24,25);7,11,13H,2,6,8H2,1,3-5H3;3H,1H2,2H3/b;10-7+;. The number of rotatable bonds is 14. The van der Waals surface area contributed by atoms with E-state index in [1.54, 1.807) is 6.08 Å². The van der Waals surface area contributed by atoms with E-state index in [2.05, 4.69) is 101 Å². The molecule has 0 saturated carbocycles. The third kappa shape index (κ3) is 14.5. The molecule has 0 saturated heterocycles. The fourth-order valence-electron chi connectivity index (χ4n) is 4.14. The van der Waals surface area contributed by atoms with E-state index < -0.39 is 0 Å². The van der Waals surface area contributed by atoms with Crippen LogP contribution in [0.4, 0.5) is 0 Å². The first-order valence-electron chi connectivity index (χ1n) is 14.8. The number of benzene rings is 2. The lowest BCUT2D eigenvalue weighted by molar-refractivity contribution is -0.109. The summed E-state index contributed by atoms with van der Waals surface area (Å²) in [5, 5.41) is 6.03. The summed E-state index contributed by atoms with van der Waals surface area (Å²) in [6, 6.07) is 11.0. The Balaban J connectivity index is 0.000000883. The Labute approximate surface area is 262 Å². The maximum absolute atomic E-state index is 10.6. The van der Waals surface area contributed by atoms with Crippen LogP contribution in [0.1, 0.15) is 86.9 Å². The van der Waals surface area contributed by atoms with Gasteiger partial charge in [-0.15, -0.1) is 6.58 Å². The second-order valence-electron chi connectivity index (χ2n) is 10.8. The molecule has 0 aliphatic heterocycles. The number of amides is 1. The van der Waals surface area contributed by atoms with Crippen molar-refractivity contribution < 1.29 is 4.79 Å². The van der Waals surface area contributed by atoms with Crippen LogP contribution in [0.5, 0.6) is 0 Å². The summed E-state index contributed by atoms with van der Waals surface area (Å²) in [6.45, 7) is 29.4. The monoisotopic (exact) mass is 589 g/mol. The fourth-order valence-corrected chi connectivity index (χ4v) is 4.36. The number of carbonyl (C=O) groups excluding carboxylic acids is 1. The minimum absolute atomic E-state index is 0.415. The van der Waals surface area contributed by atoms with Crippen LogP contribution in [0, 0.1) is 19.8 Å². The highest BCUT2D eigenvalue weighted by molar-refractivity contribution is 7.80. The van der Waals surface area contributed by atoms with Crippen LogP contribution in [0.15, 0.2) is 79.1 Å².